The van der Waals surface area contributed by atoms with E-state index in [-0.39, 0.29) is 6.09 Å². The van der Waals surface area contributed by atoms with E-state index in [4.69, 9.17) is 15.2 Å². The summed E-state index contributed by atoms with van der Waals surface area (Å²) in [5, 5.41) is 8.64. The molecule has 1 fully saturated rings. The van der Waals surface area contributed by atoms with Crippen LogP contribution in [0, 0.1) is 0 Å². The van der Waals surface area contributed by atoms with E-state index in [1.54, 1.807) is 11.1 Å². The van der Waals surface area contributed by atoms with Gasteiger partial charge in [0.15, 0.2) is 5.17 Å². The Morgan fingerprint density at radius 3 is 2.46 bits per heavy atom. The van der Waals surface area contributed by atoms with E-state index < -0.39 is 5.60 Å². The summed E-state index contributed by atoms with van der Waals surface area (Å²) in [5.41, 5.74) is 7.52. The van der Waals surface area contributed by atoms with Crippen LogP contribution in [0.3, 0.4) is 0 Å². The molecule has 1 saturated heterocycles. The first-order chi connectivity index (χ1) is 16.8. The molecule has 2 N–H and O–H groups in total. The lowest BCUT2D eigenvalue weighted by Gasteiger charge is -2.35. The first-order valence-corrected chi connectivity index (χ1v) is 12.7. The number of hydrogen-bond acceptors (Lipinski definition) is 7. The molecular formula is C26H35N5O3S. The van der Waals surface area contributed by atoms with Crippen LogP contribution in [-0.4, -0.2) is 72.2 Å². The number of benzene rings is 2. The Morgan fingerprint density at radius 2 is 1.74 bits per heavy atom. The molecule has 1 heterocycles. The Bertz CT molecular complexity index is 1000. The van der Waals surface area contributed by atoms with Gasteiger partial charge in [0.1, 0.15) is 18.0 Å². The zero-order valence-electron chi connectivity index (χ0n) is 20.7. The summed E-state index contributed by atoms with van der Waals surface area (Å²) in [7, 11) is 0. The van der Waals surface area contributed by atoms with Crippen LogP contribution >= 0.6 is 11.8 Å². The van der Waals surface area contributed by atoms with Crippen molar-refractivity contribution in [2.45, 2.75) is 32.1 Å². The van der Waals surface area contributed by atoms with Crippen molar-refractivity contribution in [3.8, 4) is 5.75 Å². The van der Waals surface area contributed by atoms with Gasteiger partial charge in [-0.1, -0.05) is 54.2 Å². The zero-order chi connectivity index (χ0) is 25.1. The Hall–Kier alpha value is -3.04. The van der Waals surface area contributed by atoms with Gasteiger partial charge in [-0.15, -0.1) is 5.10 Å². The molecule has 0 spiro atoms. The average Bonchev–Trinajstić information content (AvgIpc) is 2.84. The van der Waals surface area contributed by atoms with Gasteiger partial charge >= 0.3 is 6.09 Å². The van der Waals surface area contributed by atoms with E-state index in [9.17, 15) is 4.79 Å². The van der Waals surface area contributed by atoms with Crippen molar-refractivity contribution >= 4 is 29.2 Å². The molecule has 0 unspecified atom stereocenters. The van der Waals surface area contributed by atoms with Gasteiger partial charge in [0.2, 0.25) is 0 Å². The maximum Gasteiger partial charge on any atom is 0.410 e. The summed E-state index contributed by atoms with van der Waals surface area (Å²) >= 11 is 1.45. The minimum Gasteiger partial charge on any atom is -0.492 e. The lowest BCUT2D eigenvalue weighted by Crippen LogP contribution is -2.50. The Labute approximate surface area is 212 Å². The van der Waals surface area contributed by atoms with Gasteiger partial charge in [-0.25, -0.2) is 4.79 Å². The molecule has 0 bridgehead atoms. The third kappa shape index (κ3) is 9.62. The molecule has 3 rings (SSSR count). The molecular weight excluding hydrogens is 462 g/mol. The summed E-state index contributed by atoms with van der Waals surface area (Å²) < 4.78 is 11.5. The number of hydrogen-bond donors (Lipinski definition) is 1. The highest BCUT2D eigenvalue weighted by molar-refractivity contribution is 8.13. The molecule has 188 valence electrons. The molecule has 0 radical (unpaired) electrons. The summed E-state index contributed by atoms with van der Waals surface area (Å²) in [4.78, 5) is 16.3. The Morgan fingerprint density at radius 1 is 1.06 bits per heavy atom. The Balaban J connectivity index is 1.42. The van der Waals surface area contributed by atoms with Crippen LogP contribution in [0.5, 0.6) is 5.75 Å². The fraction of sp³-hybridized carbons (Fsp3) is 0.423. The standard InChI is InChI=1S/C26H35N5O3S/c1-26(2,3)34-25(32)31-15-13-30(14-16-31)17-18-33-23-12-8-7-11-22(23)19-28-29-24(27)35-20-21-9-5-4-6-10-21/h4-12,19H,13-18,20H2,1-3H3,(H2,27,29). The third-order valence-corrected chi connectivity index (χ3v) is 6.05. The van der Waals surface area contributed by atoms with Crippen molar-refractivity contribution in [3.63, 3.8) is 0 Å². The fourth-order valence-electron chi connectivity index (χ4n) is 3.39. The summed E-state index contributed by atoms with van der Waals surface area (Å²) in [5.74, 6) is 1.49. The monoisotopic (exact) mass is 497 g/mol. The SMILES string of the molecule is CC(C)(C)OC(=O)N1CCN(CCOc2ccccc2C=NN=C(N)SCc2ccccc2)CC1. The number of carbonyl (C=O) groups is 1. The lowest BCUT2D eigenvalue weighted by molar-refractivity contribution is 0.0137. The van der Waals surface area contributed by atoms with Crippen LogP contribution in [0.1, 0.15) is 31.9 Å². The van der Waals surface area contributed by atoms with Crippen molar-refractivity contribution in [1.82, 2.24) is 9.80 Å². The number of amidine groups is 1. The molecule has 0 saturated carbocycles. The number of ether oxygens (including phenoxy) is 2. The minimum absolute atomic E-state index is 0.247. The topological polar surface area (TPSA) is 92.8 Å². The highest BCUT2D eigenvalue weighted by Gasteiger charge is 2.25. The van der Waals surface area contributed by atoms with E-state index in [1.165, 1.54) is 17.3 Å². The number of thioether (sulfide) groups is 1. The second kappa shape index (κ2) is 13.2. The van der Waals surface area contributed by atoms with Gasteiger partial charge in [0.25, 0.3) is 0 Å². The quantitative estimate of drug-likeness (QED) is 0.334. The highest BCUT2D eigenvalue weighted by atomic mass is 32.2. The number of piperazine rings is 1. The maximum atomic E-state index is 12.2. The van der Waals surface area contributed by atoms with Crippen molar-refractivity contribution in [3.05, 3.63) is 65.7 Å². The van der Waals surface area contributed by atoms with Gasteiger partial charge < -0.3 is 20.1 Å². The van der Waals surface area contributed by atoms with Gasteiger partial charge in [0.05, 0.1) is 6.21 Å². The summed E-state index contributed by atoms with van der Waals surface area (Å²) in [6.45, 7) is 9.85. The van der Waals surface area contributed by atoms with Crippen LogP contribution in [-0.2, 0) is 10.5 Å². The van der Waals surface area contributed by atoms with E-state index >= 15 is 0 Å². The lowest BCUT2D eigenvalue weighted by atomic mass is 10.2. The Kier molecular flexibility index (Phi) is 9.98. The van der Waals surface area contributed by atoms with Gasteiger partial charge in [-0.3, -0.25) is 4.90 Å². The molecule has 35 heavy (non-hydrogen) atoms. The first-order valence-electron chi connectivity index (χ1n) is 11.8. The van der Waals surface area contributed by atoms with E-state index in [0.29, 0.717) is 24.9 Å². The molecule has 1 amide bonds. The van der Waals surface area contributed by atoms with E-state index in [1.807, 2.05) is 63.2 Å². The minimum atomic E-state index is -0.475. The number of rotatable bonds is 8. The zero-order valence-corrected chi connectivity index (χ0v) is 21.5. The second-order valence-corrected chi connectivity index (χ2v) is 10.1. The van der Waals surface area contributed by atoms with Crippen LogP contribution in [0.4, 0.5) is 4.79 Å². The van der Waals surface area contributed by atoms with Gasteiger partial charge in [0, 0.05) is 44.0 Å². The van der Waals surface area contributed by atoms with Crippen LogP contribution < -0.4 is 10.5 Å². The number of amides is 1. The fourth-order valence-corrected chi connectivity index (χ4v) is 4.00. The largest absolute Gasteiger partial charge is 0.492 e. The van der Waals surface area contributed by atoms with Crippen molar-refractivity contribution < 1.29 is 14.3 Å². The van der Waals surface area contributed by atoms with E-state index in [2.05, 4.69) is 27.2 Å². The van der Waals surface area contributed by atoms with Crippen molar-refractivity contribution in [2.75, 3.05) is 39.3 Å². The van der Waals surface area contributed by atoms with Crippen LogP contribution in [0.25, 0.3) is 0 Å². The maximum absolute atomic E-state index is 12.2. The normalized spacial score (nSPS) is 15.4. The van der Waals surface area contributed by atoms with Crippen LogP contribution in [0.15, 0.2) is 64.8 Å². The number of para-hydroxylation sites is 1. The van der Waals surface area contributed by atoms with Gasteiger partial charge in [-0.05, 0) is 38.5 Å². The third-order valence-electron chi connectivity index (χ3n) is 5.19. The molecule has 1 aliphatic rings. The second-order valence-electron chi connectivity index (χ2n) is 9.15. The summed E-state index contributed by atoms with van der Waals surface area (Å²) in [6, 6.07) is 17.8. The molecule has 0 aliphatic carbocycles. The molecule has 1 aliphatic heterocycles. The molecule has 2 aromatic carbocycles. The number of nitrogens with zero attached hydrogens (tertiary/aromatic N) is 4. The molecule has 2 aromatic rings. The van der Waals surface area contributed by atoms with Crippen molar-refractivity contribution in [2.24, 2.45) is 15.9 Å². The number of carbonyl (C=O) groups excluding carboxylic acids is 1. The highest BCUT2D eigenvalue weighted by Crippen LogP contribution is 2.17. The smallest absolute Gasteiger partial charge is 0.410 e. The first kappa shape index (κ1) is 26.6. The average molecular weight is 498 g/mol. The molecule has 0 atom stereocenters. The predicted molar refractivity (Wildman–Crippen MR) is 143 cm³/mol. The predicted octanol–water partition coefficient (Wildman–Crippen LogP) is 4.20. The number of nitrogens with two attached hydrogens (primary N) is 1. The van der Waals surface area contributed by atoms with Crippen LogP contribution in [0.2, 0.25) is 0 Å². The molecule has 0 aromatic heterocycles. The van der Waals surface area contributed by atoms with Gasteiger partial charge in [-0.2, -0.15) is 5.10 Å². The van der Waals surface area contributed by atoms with E-state index in [0.717, 1.165) is 36.7 Å². The van der Waals surface area contributed by atoms with Crippen molar-refractivity contribution in [1.29, 1.82) is 0 Å². The molecule has 8 nitrogen and oxygen atoms in total. The summed E-state index contributed by atoms with van der Waals surface area (Å²) in [6.07, 6.45) is 1.41. The molecule has 9 heteroatoms.